The van der Waals surface area contributed by atoms with Crippen molar-refractivity contribution in [3.05, 3.63) is 29.6 Å². The number of hydrogen-bond acceptors (Lipinski definition) is 2. The van der Waals surface area contributed by atoms with E-state index in [2.05, 4.69) is 5.32 Å². The highest BCUT2D eigenvalue weighted by atomic mass is 19.1. The number of carboxylic acids is 1. The second-order valence-electron chi connectivity index (χ2n) is 4.21. The molecule has 1 unspecified atom stereocenters. The molecule has 4 heteroatoms. The van der Waals surface area contributed by atoms with Gasteiger partial charge in [-0.05, 0) is 37.8 Å². The van der Waals surface area contributed by atoms with Crippen LogP contribution in [-0.4, -0.2) is 17.1 Å². The Balaban J connectivity index is 2.18. The van der Waals surface area contributed by atoms with Gasteiger partial charge in [0.15, 0.2) is 0 Å². The molecule has 3 nitrogen and oxygen atoms in total. The number of hydrogen-bond donors (Lipinski definition) is 2. The number of anilines is 1. The fourth-order valence-electron chi connectivity index (χ4n) is 1.74. The molecule has 1 aromatic carbocycles. The second-order valence-corrected chi connectivity index (χ2v) is 4.21. The first-order valence-electron chi connectivity index (χ1n) is 5.34. The highest BCUT2D eigenvalue weighted by molar-refractivity contribution is 5.78. The Labute approximate surface area is 93.3 Å². The highest BCUT2D eigenvalue weighted by Crippen LogP contribution is 2.35. The van der Waals surface area contributed by atoms with E-state index in [1.54, 1.807) is 19.1 Å². The average molecular weight is 223 g/mol. The van der Waals surface area contributed by atoms with Crippen LogP contribution >= 0.6 is 0 Å². The van der Waals surface area contributed by atoms with Gasteiger partial charge in [-0.1, -0.05) is 6.07 Å². The third-order valence-electron chi connectivity index (χ3n) is 2.94. The summed E-state index contributed by atoms with van der Waals surface area (Å²) in [5.74, 6) is -1.00. The Kier molecular flexibility index (Phi) is 2.81. The monoisotopic (exact) mass is 223 g/mol. The Bertz CT molecular complexity index is 415. The van der Waals surface area contributed by atoms with Crippen LogP contribution < -0.4 is 5.32 Å². The number of carboxylic acid groups (broad SMARTS) is 1. The van der Waals surface area contributed by atoms with E-state index < -0.39 is 12.0 Å². The van der Waals surface area contributed by atoms with Gasteiger partial charge in [0.2, 0.25) is 0 Å². The standard InChI is InChI=1S/C12H14FNO2/c1-7-9(13)3-2-4-10(7)14-11(12(15)16)8-5-6-8/h2-4,8,11,14H,5-6H2,1H3,(H,15,16). The summed E-state index contributed by atoms with van der Waals surface area (Å²) in [5, 5.41) is 12.0. The van der Waals surface area contributed by atoms with Crippen LogP contribution in [-0.2, 0) is 4.79 Å². The van der Waals surface area contributed by atoms with Gasteiger partial charge in [0, 0.05) is 11.3 Å². The van der Waals surface area contributed by atoms with Crippen LogP contribution in [0.2, 0.25) is 0 Å². The van der Waals surface area contributed by atoms with Gasteiger partial charge in [-0.2, -0.15) is 0 Å². The Morgan fingerprint density at radius 2 is 2.25 bits per heavy atom. The second kappa shape index (κ2) is 4.12. The zero-order valence-corrected chi connectivity index (χ0v) is 9.03. The van der Waals surface area contributed by atoms with Crippen molar-refractivity contribution in [3.8, 4) is 0 Å². The molecule has 0 bridgehead atoms. The average Bonchev–Trinajstić information content (AvgIpc) is 3.03. The Hall–Kier alpha value is -1.58. The first kappa shape index (κ1) is 10.9. The molecular weight excluding hydrogens is 209 g/mol. The van der Waals surface area contributed by atoms with Gasteiger partial charge < -0.3 is 10.4 Å². The summed E-state index contributed by atoms with van der Waals surface area (Å²) in [7, 11) is 0. The van der Waals surface area contributed by atoms with Crippen molar-refractivity contribution < 1.29 is 14.3 Å². The number of halogens is 1. The molecule has 86 valence electrons. The van der Waals surface area contributed by atoms with Crippen LogP contribution in [0, 0.1) is 18.7 Å². The number of carbonyl (C=O) groups is 1. The minimum Gasteiger partial charge on any atom is -0.480 e. The zero-order chi connectivity index (χ0) is 11.7. The van der Waals surface area contributed by atoms with E-state index >= 15 is 0 Å². The van der Waals surface area contributed by atoms with E-state index in [0.29, 0.717) is 11.3 Å². The maximum atomic E-state index is 13.3. The SMILES string of the molecule is Cc1c(F)cccc1NC(C(=O)O)C1CC1. The van der Waals surface area contributed by atoms with Gasteiger partial charge >= 0.3 is 5.97 Å². The minimum atomic E-state index is -0.869. The quantitative estimate of drug-likeness (QED) is 0.824. The molecule has 0 amide bonds. The molecule has 1 fully saturated rings. The van der Waals surface area contributed by atoms with Gasteiger partial charge in [-0.15, -0.1) is 0 Å². The lowest BCUT2D eigenvalue weighted by molar-refractivity contribution is -0.138. The van der Waals surface area contributed by atoms with Crippen molar-refractivity contribution in [1.82, 2.24) is 0 Å². The summed E-state index contributed by atoms with van der Waals surface area (Å²) in [6.07, 6.45) is 1.86. The van der Waals surface area contributed by atoms with Crippen molar-refractivity contribution in [3.63, 3.8) is 0 Å². The summed E-state index contributed by atoms with van der Waals surface area (Å²) < 4.78 is 13.3. The normalized spacial score (nSPS) is 16.9. The van der Waals surface area contributed by atoms with Crippen LogP contribution in [0.25, 0.3) is 0 Å². The zero-order valence-electron chi connectivity index (χ0n) is 9.03. The summed E-state index contributed by atoms with van der Waals surface area (Å²) in [6, 6.07) is 4.06. The van der Waals surface area contributed by atoms with Gasteiger partial charge in [-0.25, -0.2) is 9.18 Å². The smallest absolute Gasteiger partial charge is 0.326 e. The Morgan fingerprint density at radius 3 is 2.81 bits per heavy atom. The van der Waals surface area contributed by atoms with E-state index in [-0.39, 0.29) is 11.7 Å². The molecule has 0 spiro atoms. The van der Waals surface area contributed by atoms with Gasteiger partial charge in [0.1, 0.15) is 11.9 Å². The van der Waals surface area contributed by atoms with E-state index in [0.717, 1.165) is 12.8 Å². The van der Waals surface area contributed by atoms with Gasteiger partial charge in [0.05, 0.1) is 0 Å². The molecule has 0 aromatic heterocycles. The molecule has 1 aliphatic carbocycles. The topological polar surface area (TPSA) is 49.3 Å². The summed E-state index contributed by atoms with van der Waals surface area (Å²) in [5.41, 5.74) is 1.04. The molecule has 2 rings (SSSR count). The first-order chi connectivity index (χ1) is 7.59. The predicted octanol–water partition coefficient (Wildman–Crippen LogP) is 2.41. The summed E-state index contributed by atoms with van der Waals surface area (Å²) >= 11 is 0. The van der Waals surface area contributed by atoms with Crippen LogP contribution in [0.4, 0.5) is 10.1 Å². The van der Waals surface area contributed by atoms with E-state index in [1.165, 1.54) is 6.07 Å². The first-order valence-corrected chi connectivity index (χ1v) is 5.34. The molecular formula is C12H14FNO2. The molecule has 0 heterocycles. The molecule has 1 aliphatic rings. The van der Waals surface area contributed by atoms with E-state index in [4.69, 9.17) is 5.11 Å². The Morgan fingerprint density at radius 1 is 1.56 bits per heavy atom. The van der Waals surface area contributed by atoms with Gasteiger partial charge in [0.25, 0.3) is 0 Å². The summed E-state index contributed by atoms with van der Waals surface area (Å²) in [4.78, 5) is 11.0. The number of nitrogens with one attached hydrogen (secondary N) is 1. The molecule has 16 heavy (non-hydrogen) atoms. The van der Waals surface area contributed by atoms with Crippen LogP contribution in [0.1, 0.15) is 18.4 Å². The lowest BCUT2D eigenvalue weighted by atomic mass is 10.1. The van der Waals surface area contributed by atoms with Crippen molar-refractivity contribution in [1.29, 1.82) is 0 Å². The molecule has 1 atom stereocenters. The number of aliphatic carboxylic acids is 1. The van der Waals surface area contributed by atoms with Crippen molar-refractivity contribution in [2.45, 2.75) is 25.8 Å². The van der Waals surface area contributed by atoms with Crippen LogP contribution in [0.15, 0.2) is 18.2 Å². The third kappa shape index (κ3) is 2.15. The summed E-state index contributed by atoms with van der Waals surface area (Å²) in [6.45, 7) is 1.64. The molecule has 1 aromatic rings. The minimum absolute atomic E-state index is 0.181. The molecule has 1 saturated carbocycles. The highest BCUT2D eigenvalue weighted by Gasteiger charge is 2.36. The largest absolute Gasteiger partial charge is 0.480 e. The number of rotatable bonds is 4. The fourth-order valence-corrected chi connectivity index (χ4v) is 1.74. The maximum absolute atomic E-state index is 13.3. The lowest BCUT2D eigenvalue weighted by Crippen LogP contribution is -2.31. The van der Waals surface area contributed by atoms with Crippen LogP contribution in [0.3, 0.4) is 0 Å². The molecule has 0 aliphatic heterocycles. The third-order valence-corrected chi connectivity index (χ3v) is 2.94. The fraction of sp³-hybridized carbons (Fsp3) is 0.417. The lowest BCUT2D eigenvalue weighted by Gasteiger charge is -2.16. The van der Waals surface area contributed by atoms with Crippen molar-refractivity contribution in [2.75, 3.05) is 5.32 Å². The van der Waals surface area contributed by atoms with Crippen LogP contribution in [0.5, 0.6) is 0 Å². The van der Waals surface area contributed by atoms with Crippen molar-refractivity contribution in [2.24, 2.45) is 5.92 Å². The van der Waals surface area contributed by atoms with E-state index in [9.17, 15) is 9.18 Å². The molecule has 0 saturated heterocycles. The maximum Gasteiger partial charge on any atom is 0.326 e. The molecule has 2 N–H and O–H groups in total. The van der Waals surface area contributed by atoms with E-state index in [1.807, 2.05) is 0 Å². The molecule has 0 radical (unpaired) electrons. The predicted molar refractivity (Wildman–Crippen MR) is 58.9 cm³/mol. The van der Waals surface area contributed by atoms with Gasteiger partial charge in [-0.3, -0.25) is 0 Å². The number of benzene rings is 1. The van der Waals surface area contributed by atoms with Crippen molar-refractivity contribution >= 4 is 11.7 Å².